The molecule has 1 aliphatic carbocycles. The average Bonchev–Trinajstić information content (AvgIpc) is 3.47. The Balaban J connectivity index is 1.42. The van der Waals surface area contributed by atoms with Gasteiger partial charge in [-0.15, -0.1) is 0 Å². The number of methoxy groups -OCH3 is 1. The molecule has 11 nitrogen and oxygen atoms in total. The maximum absolute atomic E-state index is 12.5. The van der Waals surface area contributed by atoms with Gasteiger partial charge < -0.3 is 14.4 Å². The molecule has 0 atom stereocenters. The van der Waals surface area contributed by atoms with Crippen LogP contribution < -0.4 is 14.4 Å². The summed E-state index contributed by atoms with van der Waals surface area (Å²) < 4.78 is 76.4. The number of piperidine rings is 1. The summed E-state index contributed by atoms with van der Waals surface area (Å²) in [4.78, 5) is 22.1. The first-order valence-corrected chi connectivity index (χ1v) is 15.1. The maximum Gasteiger partial charge on any atom is 0.392 e. The predicted molar refractivity (Wildman–Crippen MR) is 148 cm³/mol. The lowest BCUT2D eigenvalue weighted by molar-refractivity contribution is -0.140. The molecule has 2 aromatic heterocycles. The van der Waals surface area contributed by atoms with Crippen molar-refractivity contribution in [2.45, 2.75) is 45.2 Å². The third-order valence-corrected chi connectivity index (χ3v) is 8.64. The lowest BCUT2D eigenvalue weighted by Gasteiger charge is -2.35. The molecule has 1 N–H and O–H groups in total. The number of carbonyl (C=O) groups is 1. The molecule has 2 fully saturated rings. The van der Waals surface area contributed by atoms with Crippen molar-refractivity contribution in [1.82, 2.24) is 19.7 Å². The quantitative estimate of drug-likeness (QED) is 0.336. The molecule has 1 spiro atoms. The monoisotopic (exact) mass is 608 g/mol. The van der Waals surface area contributed by atoms with Crippen molar-refractivity contribution >= 4 is 27.4 Å². The fourth-order valence-corrected chi connectivity index (χ4v) is 5.95. The molecule has 3 aromatic rings. The number of nitrogens with zero attached hydrogens (tertiary/aromatic N) is 5. The van der Waals surface area contributed by atoms with Crippen LogP contribution in [0.1, 0.15) is 37.8 Å². The van der Waals surface area contributed by atoms with Gasteiger partial charge in [-0.25, -0.2) is 18.1 Å². The highest BCUT2D eigenvalue weighted by Crippen LogP contribution is 2.54. The first-order valence-electron chi connectivity index (χ1n) is 13.4. The number of benzene rings is 1. The van der Waals surface area contributed by atoms with Crippen molar-refractivity contribution in [3.63, 3.8) is 0 Å². The molecule has 5 rings (SSSR count). The Kier molecular flexibility index (Phi) is 8.05. The van der Waals surface area contributed by atoms with Gasteiger partial charge in [-0.2, -0.15) is 23.3 Å². The van der Waals surface area contributed by atoms with E-state index in [-0.39, 0.29) is 6.01 Å². The number of anilines is 2. The fraction of sp³-hybridized carbons (Fsp3) is 0.481. The molecule has 0 unspecified atom stereocenters. The Morgan fingerprint density at radius 2 is 1.83 bits per heavy atom. The van der Waals surface area contributed by atoms with E-state index in [2.05, 4.69) is 29.4 Å². The van der Waals surface area contributed by atoms with Crippen LogP contribution in [0.15, 0.2) is 36.7 Å². The van der Waals surface area contributed by atoms with Gasteiger partial charge in [0.25, 0.3) is 0 Å². The Labute approximate surface area is 241 Å². The Morgan fingerprint density at radius 3 is 2.50 bits per heavy atom. The number of carbonyl (C=O) groups excluding carboxylic acids is 1. The van der Waals surface area contributed by atoms with E-state index in [0.29, 0.717) is 33.7 Å². The van der Waals surface area contributed by atoms with E-state index in [1.807, 2.05) is 0 Å². The van der Waals surface area contributed by atoms with Crippen LogP contribution in [0.25, 0.3) is 16.9 Å². The van der Waals surface area contributed by atoms with E-state index in [1.54, 1.807) is 48.3 Å². The number of nitrogens with one attached hydrogen (secondary N) is 1. The van der Waals surface area contributed by atoms with Crippen molar-refractivity contribution < 1.29 is 35.9 Å². The number of sulfonamides is 1. The third-order valence-electron chi connectivity index (χ3n) is 7.48. The highest BCUT2D eigenvalue weighted by Gasteiger charge is 2.44. The van der Waals surface area contributed by atoms with Gasteiger partial charge in [-0.3, -0.25) is 9.52 Å². The highest BCUT2D eigenvalue weighted by molar-refractivity contribution is 7.93. The Morgan fingerprint density at radius 1 is 1.10 bits per heavy atom. The summed E-state index contributed by atoms with van der Waals surface area (Å²) in [6.07, 6.45) is 2.36. The largest absolute Gasteiger partial charge is 0.468 e. The SMILES string of the molecule is COC(=O)CS(=O)(=O)Nc1ccc(-n2cc(-c3cc(C)nc(OCCC(F)(F)F)n3)cn2)c(N2CCC3(CC2)CC3)c1. The summed E-state index contributed by atoms with van der Waals surface area (Å²) >= 11 is 0. The van der Waals surface area contributed by atoms with E-state index in [0.717, 1.165) is 38.7 Å². The number of halogens is 3. The second kappa shape index (κ2) is 11.4. The molecule has 0 radical (unpaired) electrons. The number of hydrogen-bond acceptors (Lipinski definition) is 9. The van der Waals surface area contributed by atoms with Gasteiger partial charge >= 0.3 is 18.2 Å². The van der Waals surface area contributed by atoms with Crippen LogP contribution in [0.5, 0.6) is 6.01 Å². The maximum atomic E-state index is 12.5. The van der Waals surface area contributed by atoms with E-state index < -0.39 is 40.9 Å². The molecule has 0 amide bonds. The number of hydrogen-bond donors (Lipinski definition) is 1. The van der Waals surface area contributed by atoms with Gasteiger partial charge in [0.1, 0.15) is 6.61 Å². The summed E-state index contributed by atoms with van der Waals surface area (Å²) in [5.74, 6) is -1.68. The van der Waals surface area contributed by atoms with Gasteiger partial charge in [0.05, 0.1) is 42.5 Å². The third kappa shape index (κ3) is 7.30. The average molecular weight is 609 g/mol. The smallest absolute Gasteiger partial charge is 0.392 e. The Bertz CT molecular complexity index is 1560. The van der Waals surface area contributed by atoms with Crippen molar-refractivity contribution in [2.24, 2.45) is 5.41 Å². The minimum Gasteiger partial charge on any atom is -0.468 e. The molecule has 1 saturated carbocycles. The van der Waals surface area contributed by atoms with Crippen LogP contribution in [0.3, 0.4) is 0 Å². The second-order valence-electron chi connectivity index (χ2n) is 10.7. The molecule has 1 aromatic carbocycles. The zero-order chi connectivity index (χ0) is 30.1. The van der Waals surface area contributed by atoms with Crippen LogP contribution in [0.4, 0.5) is 24.5 Å². The topological polar surface area (TPSA) is 129 Å². The van der Waals surface area contributed by atoms with Gasteiger partial charge in [-0.1, -0.05) is 0 Å². The summed E-state index contributed by atoms with van der Waals surface area (Å²) in [5, 5.41) is 4.51. The summed E-state index contributed by atoms with van der Waals surface area (Å²) in [5.41, 5.74) is 3.69. The zero-order valence-electron chi connectivity index (χ0n) is 23.1. The van der Waals surface area contributed by atoms with E-state index in [9.17, 15) is 26.4 Å². The molecule has 42 heavy (non-hydrogen) atoms. The van der Waals surface area contributed by atoms with Crippen molar-refractivity contribution in [2.75, 3.05) is 42.2 Å². The first-order chi connectivity index (χ1) is 19.8. The molecule has 0 bridgehead atoms. The van der Waals surface area contributed by atoms with Crippen LogP contribution in [0, 0.1) is 12.3 Å². The molecule has 1 saturated heterocycles. The molecule has 226 valence electrons. The number of alkyl halides is 3. The van der Waals surface area contributed by atoms with Crippen molar-refractivity contribution in [1.29, 1.82) is 0 Å². The van der Waals surface area contributed by atoms with E-state index in [1.165, 1.54) is 12.8 Å². The van der Waals surface area contributed by atoms with Gasteiger partial charge in [0, 0.05) is 30.5 Å². The number of rotatable bonds is 10. The zero-order valence-corrected chi connectivity index (χ0v) is 24.0. The minimum absolute atomic E-state index is 0.159. The van der Waals surface area contributed by atoms with Crippen molar-refractivity contribution in [3.05, 3.63) is 42.4 Å². The number of aromatic nitrogens is 4. The van der Waals surface area contributed by atoms with Gasteiger partial charge in [0.2, 0.25) is 10.0 Å². The van der Waals surface area contributed by atoms with Gasteiger partial charge in [-0.05, 0) is 62.3 Å². The predicted octanol–water partition coefficient (Wildman–Crippen LogP) is 4.26. The van der Waals surface area contributed by atoms with Crippen molar-refractivity contribution in [3.8, 4) is 23.0 Å². The molecule has 3 heterocycles. The highest BCUT2D eigenvalue weighted by atomic mass is 32.2. The van der Waals surface area contributed by atoms with Crippen LogP contribution in [0.2, 0.25) is 0 Å². The molecule has 2 aliphatic rings. The van der Waals surface area contributed by atoms with Gasteiger partial charge in [0.15, 0.2) is 5.75 Å². The Hall–Kier alpha value is -3.88. The molecule has 1 aliphatic heterocycles. The lowest BCUT2D eigenvalue weighted by Crippen LogP contribution is -2.35. The van der Waals surface area contributed by atoms with Crippen LogP contribution in [-0.2, 0) is 19.6 Å². The van der Waals surface area contributed by atoms with E-state index >= 15 is 0 Å². The molecular formula is C27H31F3N6O5S. The summed E-state index contributed by atoms with van der Waals surface area (Å²) in [7, 11) is -2.87. The second-order valence-corrected chi connectivity index (χ2v) is 12.4. The van der Waals surface area contributed by atoms with E-state index in [4.69, 9.17) is 4.74 Å². The number of aryl methyl sites for hydroxylation is 1. The standard InChI is InChI=1S/C27H31F3N6O5S/c1-18-13-21(33-25(32-18)41-12-9-27(28,29)30)19-15-31-36(16-19)22-4-3-20(34-42(38,39)17-24(37)40-2)14-23(22)35-10-7-26(5-6-26)8-11-35/h3-4,13-16,34H,5-12,17H2,1-2H3. The minimum atomic E-state index is -4.35. The summed E-state index contributed by atoms with van der Waals surface area (Å²) in [6, 6.07) is 6.56. The molecule has 15 heteroatoms. The lowest BCUT2D eigenvalue weighted by atomic mass is 9.93. The fourth-order valence-electron chi connectivity index (χ4n) is 4.96. The number of ether oxygens (including phenoxy) is 2. The molecular weight excluding hydrogens is 577 g/mol. The summed E-state index contributed by atoms with van der Waals surface area (Å²) in [6.45, 7) is 2.68. The van der Waals surface area contributed by atoms with Crippen LogP contribution in [-0.4, -0.2) is 72.9 Å². The number of esters is 1. The first kappa shape index (κ1) is 29.6. The van der Waals surface area contributed by atoms with Crippen LogP contribution >= 0.6 is 0 Å². The normalized spacial score (nSPS) is 16.4.